The first-order valence-electron chi connectivity index (χ1n) is 5.50. The van der Waals surface area contributed by atoms with Crippen molar-refractivity contribution in [2.24, 2.45) is 0 Å². The number of carboxylic acid groups (broad SMARTS) is 1. The first kappa shape index (κ1) is 13.0. The van der Waals surface area contributed by atoms with E-state index in [1.54, 1.807) is 17.4 Å². The van der Waals surface area contributed by atoms with Gasteiger partial charge in [-0.05, 0) is 19.4 Å². The van der Waals surface area contributed by atoms with E-state index in [0.717, 1.165) is 22.0 Å². The van der Waals surface area contributed by atoms with E-state index >= 15 is 0 Å². The number of thiophene rings is 1. The van der Waals surface area contributed by atoms with Crippen LogP contribution in [0.25, 0.3) is 0 Å². The summed E-state index contributed by atoms with van der Waals surface area (Å²) in [7, 11) is 0. The molecule has 4 nitrogen and oxygen atoms in total. The highest BCUT2D eigenvalue weighted by molar-refractivity contribution is 7.14. The summed E-state index contributed by atoms with van der Waals surface area (Å²) in [5.74, 6) is -0.522. The van der Waals surface area contributed by atoms with E-state index in [9.17, 15) is 4.79 Å². The number of aromatic carboxylic acids is 1. The topological polar surface area (TPSA) is 59.4 Å². The lowest BCUT2D eigenvalue weighted by atomic mass is 10.4. The molecule has 0 saturated heterocycles. The lowest BCUT2D eigenvalue weighted by molar-refractivity contribution is 0.0697. The molecule has 2 rings (SSSR count). The second-order valence-corrected chi connectivity index (χ2v) is 5.93. The van der Waals surface area contributed by atoms with E-state index in [0.29, 0.717) is 12.4 Å². The first-order valence-corrected chi connectivity index (χ1v) is 7.19. The second kappa shape index (κ2) is 5.49. The smallest absolute Gasteiger partial charge is 0.349 e. The predicted octanol–water partition coefficient (Wildman–Crippen LogP) is 3.35. The fourth-order valence-corrected chi connectivity index (χ4v) is 3.00. The fourth-order valence-electron chi connectivity index (χ4n) is 1.48. The van der Waals surface area contributed by atoms with Gasteiger partial charge < -0.3 is 9.84 Å². The molecule has 0 aliphatic rings. The van der Waals surface area contributed by atoms with Crippen LogP contribution in [0.3, 0.4) is 0 Å². The van der Waals surface area contributed by atoms with Gasteiger partial charge >= 0.3 is 5.97 Å². The van der Waals surface area contributed by atoms with E-state index in [-0.39, 0.29) is 4.88 Å². The van der Waals surface area contributed by atoms with Gasteiger partial charge in [-0.1, -0.05) is 6.92 Å². The van der Waals surface area contributed by atoms with Gasteiger partial charge in [0.2, 0.25) is 0 Å². The molecule has 2 aromatic heterocycles. The molecule has 0 atom stereocenters. The van der Waals surface area contributed by atoms with Crippen molar-refractivity contribution >= 4 is 28.6 Å². The average molecular weight is 283 g/mol. The third-order valence-corrected chi connectivity index (χ3v) is 4.35. The molecule has 1 N–H and O–H groups in total. The number of hydrogen-bond acceptors (Lipinski definition) is 5. The maximum absolute atomic E-state index is 11.0. The number of aromatic nitrogens is 1. The average Bonchev–Trinajstić information content (AvgIpc) is 2.92. The fraction of sp³-hybridized carbons (Fsp3) is 0.333. The molecule has 18 heavy (non-hydrogen) atoms. The summed E-state index contributed by atoms with van der Waals surface area (Å²) >= 11 is 2.82. The van der Waals surface area contributed by atoms with Crippen LogP contribution in [0.1, 0.15) is 32.2 Å². The lowest BCUT2D eigenvalue weighted by Crippen LogP contribution is -2.00. The Kier molecular flexibility index (Phi) is 3.98. The van der Waals surface area contributed by atoms with Gasteiger partial charge in [-0.25, -0.2) is 9.78 Å². The molecule has 0 radical (unpaired) electrons. The first-order chi connectivity index (χ1) is 8.60. The van der Waals surface area contributed by atoms with Gasteiger partial charge in [0, 0.05) is 10.3 Å². The van der Waals surface area contributed by atoms with E-state index < -0.39 is 5.97 Å². The van der Waals surface area contributed by atoms with Crippen molar-refractivity contribution in [3.05, 3.63) is 31.9 Å². The number of carboxylic acids is 1. The van der Waals surface area contributed by atoms with Crippen molar-refractivity contribution in [1.29, 1.82) is 0 Å². The third-order valence-electron chi connectivity index (χ3n) is 2.29. The molecule has 0 bridgehead atoms. The molecule has 0 amide bonds. The number of hydrogen-bond donors (Lipinski definition) is 1. The minimum absolute atomic E-state index is 0.249. The summed E-state index contributed by atoms with van der Waals surface area (Å²) in [6, 6.07) is 1.75. The van der Waals surface area contributed by atoms with Gasteiger partial charge in [0.15, 0.2) is 4.88 Å². The zero-order valence-corrected chi connectivity index (χ0v) is 11.7. The Morgan fingerprint density at radius 2 is 2.33 bits per heavy atom. The Morgan fingerprint density at radius 3 is 2.94 bits per heavy atom. The van der Waals surface area contributed by atoms with Gasteiger partial charge in [-0.3, -0.25) is 0 Å². The molecule has 96 valence electrons. The number of nitrogens with zero attached hydrogens (tertiary/aromatic N) is 1. The predicted molar refractivity (Wildman–Crippen MR) is 71.8 cm³/mol. The monoisotopic (exact) mass is 283 g/mol. The van der Waals surface area contributed by atoms with Gasteiger partial charge in [0.05, 0.1) is 10.7 Å². The zero-order valence-electron chi connectivity index (χ0n) is 10.1. The van der Waals surface area contributed by atoms with Crippen LogP contribution in [-0.4, -0.2) is 16.1 Å². The molecule has 2 aromatic rings. The molecule has 6 heteroatoms. The molecule has 0 aliphatic carbocycles. The summed E-state index contributed by atoms with van der Waals surface area (Å²) in [5, 5.41) is 12.0. The highest BCUT2D eigenvalue weighted by Gasteiger charge is 2.15. The van der Waals surface area contributed by atoms with Crippen LogP contribution in [0, 0.1) is 6.92 Å². The number of aryl methyl sites for hydroxylation is 2. The van der Waals surface area contributed by atoms with Crippen LogP contribution in [0.2, 0.25) is 0 Å². The Labute approximate surface area is 113 Å². The van der Waals surface area contributed by atoms with E-state index in [1.807, 2.05) is 19.2 Å². The van der Waals surface area contributed by atoms with Crippen molar-refractivity contribution < 1.29 is 14.6 Å². The summed E-state index contributed by atoms with van der Waals surface area (Å²) < 4.78 is 5.54. The number of ether oxygens (including phenoxy) is 1. The molecule has 0 aromatic carbocycles. The Morgan fingerprint density at radius 1 is 1.56 bits per heavy atom. The minimum atomic E-state index is -0.948. The van der Waals surface area contributed by atoms with Crippen molar-refractivity contribution in [3.63, 3.8) is 0 Å². The Bertz CT molecular complexity index is 559. The minimum Gasteiger partial charge on any atom is -0.485 e. The maximum Gasteiger partial charge on any atom is 0.349 e. The van der Waals surface area contributed by atoms with Crippen molar-refractivity contribution in [1.82, 2.24) is 4.98 Å². The van der Waals surface area contributed by atoms with Gasteiger partial charge in [-0.15, -0.1) is 22.7 Å². The van der Waals surface area contributed by atoms with Crippen LogP contribution in [0.15, 0.2) is 11.4 Å². The van der Waals surface area contributed by atoms with Crippen molar-refractivity contribution in [3.8, 4) is 5.75 Å². The van der Waals surface area contributed by atoms with E-state index in [1.165, 1.54) is 11.3 Å². The summed E-state index contributed by atoms with van der Waals surface area (Å²) in [6.45, 7) is 4.23. The lowest BCUT2D eigenvalue weighted by Gasteiger charge is -2.02. The highest BCUT2D eigenvalue weighted by Crippen LogP contribution is 2.29. The third kappa shape index (κ3) is 2.88. The van der Waals surface area contributed by atoms with Gasteiger partial charge in [0.25, 0.3) is 0 Å². The molecule has 0 fully saturated rings. The number of thiazole rings is 1. The molecule has 2 heterocycles. The quantitative estimate of drug-likeness (QED) is 0.914. The molecule has 0 saturated carbocycles. The molecule has 0 aliphatic heterocycles. The SMILES string of the molecule is CCc1nc(COc2cc(C)sc2C(=O)O)cs1. The van der Waals surface area contributed by atoms with Crippen molar-refractivity contribution in [2.45, 2.75) is 26.9 Å². The number of rotatable bonds is 5. The van der Waals surface area contributed by atoms with Crippen LogP contribution in [0.4, 0.5) is 0 Å². The van der Waals surface area contributed by atoms with Gasteiger partial charge in [-0.2, -0.15) is 0 Å². The normalized spacial score (nSPS) is 10.6. The zero-order chi connectivity index (χ0) is 13.1. The number of carbonyl (C=O) groups is 1. The van der Waals surface area contributed by atoms with Crippen LogP contribution < -0.4 is 4.74 Å². The van der Waals surface area contributed by atoms with Crippen LogP contribution in [-0.2, 0) is 13.0 Å². The van der Waals surface area contributed by atoms with E-state index in [2.05, 4.69) is 4.98 Å². The molecular weight excluding hydrogens is 270 g/mol. The van der Waals surface area contributed by atoms with Gasteiger partial charge in [0.1, 0.15) is 12.4 Å². The summed E-state index contributed by atoms with van der Waals surface area (Å²) in [6.07, 6.45) is 0.905. The second-order valence-electron chi connectivity index (χ2n) is 3.73. The summed E-state index contributed by atoms with van der Waals surface area (Å²) in [5.41, 5.74) is 0.844. The molecule has 0 spiro atoms. The molecular formula is C12H13NO3S2. The standard InChI is InChI=1S/C12H13NO3S2/c1-3-10-13-8(6-17-10)5-16-9-4-7(2)18-11(9)12(14)15/h4,6H,3,5H2,1-2H3,(H,14,15). The largest absolute Gasteiger partial charge is 0.485 e. The van der Waals surface area contributed by atoms with Crippen LogP contribution >= 0.6 is 22.7 Å². The molecule has 0 unspecified atom stereocenters. The summed E-state index contributed by atoms with van der Waals surface area (Å²) in [4.78, 5) is 16.6. The maximum atomic E-state index is 11.0. The Hall–Kier alpha value is -1.40. The van der Waals surface area contributed by atoms with E-state index in [4.69, 9.17) is 9.84 Å². The van der Waals surface area contributed by atoms with Crippen LogP contribution in [0.5, 0.6) is 5.75 Å². The Balaban J connectivity index is 2.07. The van der Waals surface area contributed by atoms with Crippen molar-refractivity contribution in [2.75, 3.05) is 0 Å². The highest BCUT2D eigenvalue weighted by atomic mass is 32.1.